The standard InChI is InChI=1S/C56H78N4O9/c1-39-18-5-9-25-48(39)68-50-27-11-7-22-44(50)43(23-15-29-53(64)67-4)41-20-16-33-59(37-41)52(63)36-47(62)54(58)55(46(61)30-32-57)60-34-17-21-42(38-60)56(65,31-13-14-35-66-3)45-24-8-12-28-51(45)69-49-26-10-6-19-40(49)2/h5-12,18-19,22,24-28,41-43,47,53-55,62,64-65H,13-17,20-21,23,29-38,57-58H2,1-4H3. The fraction of sp³-hybridized carbons (Fsp3) is 0.536. The van der Waals surface area contributed by atoms with E-state index in [9.17, 15) is 24.9 Å². The fourth-order valence-corrected chi connectivity index (χ4v) is 10.7. The highest BCUT2D eigenvalue weighted by Gasteiger charge is 2.46. The highest BCUT2D eigenvalue weighted by molar-refractivity contribution is 5.85. The van der Waals surface area contributed by atoms with Crippen molar-refractivity contribution in [2.75, 3.05) is 53.6 Å². The third kappa shape index (κ3) is 14.2. The molecule has 0 radical (unpaired) electrons. The maximum absolute atomic E-state index is 14.3. The molecule has 0 aromatic heterocycles. The first-order valence-corrected chi connectivity index (χ1v) is 25.1. The van der Waals surface area contributed by atoms with E-state index in [0.717, 1.165) is 53.9 Å². The number of hydrogen-bond acceptors (Lipinski definition) is 12. The Morgan fingerprint density at radius 1 is 0.768 bits per heavy atom. The zero-order valence-corrected chi connectivity index (χ0v) is 41.3. The van der Waals surface area contributed by atoms with Gasteiger partial charge in [-0.2, -0.15) is 0 Å². The zero-order valence-electron chi connectivity index (χ0n) is 41.3. The van der Waals surface area contributed by atoms with Gasteiger partial charge in [-0.3, -0.25) is 14.5 Å². The summed E-state index contributed by atoms with van der Waals surface area (Å²) in [6, 6.07) is 29.4. The number of piperidine rings is 2. The number of ketones is 1. The molecule has 376 valence electrons. The van der Waals surface area contributed by atoms with Gasteiger partial charge in [0, 0.05) is 58.4 Å². The van der Waals surface area contributed by atoms with Gasteiger partial charge in [0.2, 0.25) is 5.91 Å². The molecule has 13 nitrogen and oxygen atoms in total. The summed E-state index contributed by atoms with van der Waals surface area (Å²) in [5, 5.41) is 35.3. The van der Waals surface area contributed by atoms with E-state index in [-0.39, 0.29) is 48.8 Å². The van der Waals surface area contributed by atoms with Crippen LogP contribution in [0.4, 0.5) is 0 Å². The minimum absolute atomic E-state index is 0.00183. The number of unbranched alkanes of at least 4 members (excludes halogenated alkanes) is 1. The molecule has 4 aromatic carbocycles. The number of ether oxygens (including phenoxy) is 4. The molecule has 2 heterocycles. The van der Waals surface area contributed by atoms with Crippen LogP contribution in [0.5, 0.6) is 23.0 Å². The average molecular weight is 951 g/mol. The summed E-state index contributed by atoms with van der Waals surface area (Å²) >= 11 is 0. The van der Waals surface area contributed by atoms with E-state index in [2.05, 4.69) is 6.07 Å². The van der Waals surface area contributed by atoms with Gasteiger partial charge in [-0.1, -0.05) is 72.8 Å². The predicted octanol–water partition coefficient (Wildman–Crippen LogP) is 8.13. The number of carbonyl (C=O) groups excluding carboxylic acids is 2. The van der Waals surface area contributed by atoms with Gasteiger partial charge < -0.3 is 50.6 Å². The van der Waals surface area contributed by atoms with Crippen molar-refractivity contribution in [3.8, 4) is 23.0 Å². The van der Waals surface area contributed by atoms with Crippen LogP contribution in [0.3, 0.4) is 0 Å². The Kier molecular flexibility index (Phi) is 20.6. The number of aliphatic hydroxyl groups is 3. The number of aryl methyl sites for hydroxylation is 2. The Morgan fingerprint density at radius 2 is 1.39 bits per heavy atom. The molecule has 2 fully saturated rings. The topological polar surface area (TPSA) is 190 Å². The number of para-hydroxylation sites is 4. The summed E-state index contributed by atoms with van der Waals surface area (Å²) in [5.41, 5.74) is 15.3. The van der Waals surface area contributed by atoms with E-state index in [1.165, 1.54) is 7.11 Å². The van der Waals surface area contributed by atoms with E-state index in [0.29, 0.717) is 88.4 Å². The smallest absolute Gasteiger partial charge is 0.225 e. The van der Waals surface area contributed by atoms with Gasteiger partial charge in [0.1, 0.15) is 23.0 Å². The number of rotatable bonds is 26. The minimum Gasteiger partial charge on any atom is -0.457 e. The largest absolute Gasteiger partial charge is 0.457 e. The monoisotopic (exact) mass is 951 g/mol. The van der Waals surface area contributed by atoms with Gasteiger partial charge in [0.25, 0.3) is 0 Å². The predicted molar refractivity (Wildman–Crippen MR) is 269 cm³/mol. The lowest BCUT2D eigenvalue weighted by Gasteiger charge is -2.46. The lowest BCUT2D eigenvalue weighted by atomic mass is 9.73. The van der Waals surface area contributed by atoms with Gasteiger partial charge in [0.05, 0.1) is 30.2 Å². The van der Waals surface area contributed by atoms with Crippen LogP contribution < -0.4 is 20.9 Å². The molecule has 69 heavy (non-hydrogen) atoms. The molecular formula is C56H78N4O9. The number of benzene rings is 4. The van der Waals surface area contributed by atoms with Crippen molar-refractivity contribution in [2.24, 2.45) is 23.3 Å². The van der Waals surface area contributed by atoms with Gasteiger partial charge in [-0.25, -0.2) is 0 Å². The lowest BCUT2D eigenvalue weighted by molar-refractivity contribution is -0.138. The van der Waals surface area contributed by atoms with E-state index >= 15 is 0 Å². The molecule has 2 saturated heterocycles. The number of likely N-dealkylation sites (tertiary alicyclic amines) is 2. The molecule has 8 unspecified atom stereocenters. The lowest BCUT2D eigenvalue weighted by Crippen LogP contribution is -2.61. The summed E-state index contributed by atoms with van der Waals surface area (Å²) in [4.78, 5) is 32.3. The van der Waals surface area contributed by atoms with Crippen molar-refractivity contribution < 1.29 is 43.9 Å². The Balaban J connectivity index is 1.20. The Hall–Kier alpha value is -4.70. The number of nitrogens with zero attached hydrogens (tertiary/aromatic N) is 2. The van der Waals surface area contributed by atoms with Crippen molar-refractivity contribution in [3.05, 3.63) is 119 Å². The van der Waals surface area contributed by atoms with E-state index in [1.807, 2.05) is 115 Å². The normalized spacial score (nSPS) is 19.8. The van der Waals surface area contributed by atoms with Crippen molar-refractivity contribution >= 4 is 11.7 Å². The van der Waals surface area contributed by atoms with Gasteiger partial charge in [-0.15, -0.1) is 0 Å². The number of amides is 1. The van der Waals surface area contributed by atoms with E-state index < -0.39 is 30.1 Å². The second-order valence-corrected chi connectivity index (χ2v) is 19.2. The molecule has 1 amide bonds. The Labute approximate surface area is 410 Å². The molecule has 2 aliphatic rings. The molecule has 6 rings (SSSR count). The van der Waals surface area contributed by atoms with Crippen molar-refractivity contribution in [3.63, 3.8) is 0 Å². The average Bonchev–Trinajstić information content (AvgIpc) is 3.36. The first-order chi connectivity index (χ1) is 33.4. The third-order valence-corrected chi connectivity index (χ3v) is 14.5. The quantitative estimate of drug-likeness (QED) is 0.0301. The zero-order chi connectivity index (χ0) is 49.3. The van der Waals surface area contributed by atoms with Crippen LogP contribution in [0.1, 0.15) is 105 Å². The SMILES string of the molecule is COCCCCC(O)(c1ccccc1Oc1ccccc1C)C1CCCN(C(C(=O)CCN)C(N)C(O)CC(=O)N2CCCC(C(CCCC(O)OC)c3ccccc3Oc3ccccc3C)C2)C1. The number of hydrogen-bond donors (Lipinski definition) is 5. The molecule has 7 N–H and O–H groups in total. The summed E-state index contributed by atoms with van der Waals surface area (Å²) in [7, 11) is 3.17. The van der Waals surface area contributed by atoms with Crippen molar-refractivity contribution in [2.45, 2.75) is 127 Å². The van der Waals surface area contributed by atoms with E-state index in [4.69, 9.17) is 30.4 Å². The first-order valence-electron chi connectivity index (χ1n) is 25.1. The summed E-state index contributed by atoms with van der Waals surface area (Å²) in [5.74, 6) is 2.12. The molecule has 0 saturated carbocycles. The minimum atomic E-state index is -1.34. The molecule has 13 heteroatoms. The van der Waals surface area contributed by atoms with Gasteiger partial charge in [-0.05, 0) is 144 Å². The Bertz CT molecular complexity index is 2230. The summed E-state index contributed by atoms with van der Waals surface area (Å²) in [6.45, 7) is 6.55. The molecule has 8 atom stereocenters. The summed E-state index contributed by atoms with van der Waals surface area (Å²) < 4.78 is 23.6. The highest BCUT2D eigenvalue weighted by Crippen LogP contribution is 2.46. The van der Waals surface area contributed by atoms with Crippen LogP contribution in [-0.4, -0.2) is 115 Å². The second kappa shape index (κ2) is 26.5. The fourth-order valence-electron chi connectivity index (χ4n) is 10.7. The summed E-state index contributed by atoms with van der Waals surface area (Å²) in [6.07, 6.45) is 4.44. The third-order valence-electron chi connectivity index (χ3n) is 14.5. The molecule has 0 bridgehead atoms. The van der Waals surface area contributed by atoms with Crippen LogP contribution in [0, 0.1) is 25.7 Å². The molecule has 2 aliphatic heterocycles. The first kappa shape index (κ1) is 53.6. The molecule has 0 aliphatic carbocycles. The van der Waals surface area contributed by atoms with Crippen molar-refractivity contribution in [1.29, 1.82) is 0 Å². The Morgan fingerprint density at radius 3 is 2.06 bits per heavy atom. The molecule has 4 aromatic rings. The van der Waals surface area contributed by atoms with Crippen LogP contribution in [0.2, 0.25) is 0 Å². The van der Waals surface area contributed by atoms with E-state index in [1.54, 1.807) is 7.11 Å². The van der Waals surface area contributed by atoms with Gasteiger partial charge in [0.15, 0.2) is 12.1 Å². The number of Topliss-reactive ketones (excluding diaryl/α,β-unsaturated/α-hetero) is 1. The highest BCUT2D eigenvalue weighted by atomic mass is 16.6. The molecular weight excluding hydrogens is 873 g/mol. The van der Waals surface area contributed by atoms with Crippen LogP contribution in [0.15, 0.2) is 97.1 Å². The maximum Gasteiger partial charge on any atom is 0.225 e. The number of nitrogens with two attached hydrogens (primary N) is 2. The van der Waals surface area contributed by atoms with Crippen LogP contribution in [0.25, 0.3) is 0 Å². The van der Waals surface area contributed by atoms with Crippen LogP contribution in [-0.2, 0) is 24.7 Å². The van der Waals surface area contributed by atoms with Crippen molar-refractivity contribution in [1.82, 2.24) is 9.80 Å². The van der Waals surface area contributed by atoms with Crippen LogP contribution >= 0.6 is 0 Å². The number of methoxy groups -OCH3 is 2. The number of carbonyl (C=O) groups is 2. The maximum atomic E-state index is 14.3. The number of aliphatic hydroxyl groups excluding tert-OH is 2. The second-order valence-electron chi connectivity index (χ2n) is 19.2. The van der Waals surface area contributed by atoms with Gasteiger partial charge >= 0.3 is 0 Å². The molecule has 0 spiro atoms.